The Morgan fingerprint density at radius 1 is 1.17 bits per heavy atom. The zero-order valence-corrected chi connectivity index (χ0v) is 14.5. The molecule has 2 heterocycles. The number of ether oxygens (including phenoxy) is 1. The second-order valence-electron chi connectivity index (χ2n) is 5.61. The summed E-state index contributed by atoms with van der Waals surface area (Å²) >= 11 is 1.48. The van der Waals surface area contributed by atoms with Crippen LogP contribution in [0.2, 0.25) is 0 Å². The van der Waals surface area contributed by atoms with Crippen LogP contribution in [-0.2, 0) is 0 Å². The highest BCUT2D eigenvalue weighted by Gasteiger charge is 2.25. The Bertz CT molecular complexity index is 686. The minimum absolute atomic E-state index is 0.0471. The number of hydrogen-bond donors (Lipinski definition) is 0. The van der Waals surface area contributed by atoms with Crippen molar-refractivity contribution in [3.05, 3.63) is 39.8 Å². The number of aromatic nitrogens is 1. The number of benzene rings is 1. The van der Waals surface area contributed by atoms with Gasteiger partial charge in [-0.1, -0.05) is 12.1 Å². The van der Waals surface area contributed by atoms with E-state index in [0.29, 0.717) is 18.1 Å². The molecule has 0 aliphatic carbocycles. The molecule has 23 heavy (non-hydrogen) atoms. The van der Waals surface area contributed by atoms with E-state index in [4.69, 9.17) is 4.74 Å². The Labute approximate surface area is 140 Å². The average molecular weight is 331 g/mol. The van der Waals surface area contributed by atoms with Crippen LogP contribution in [0.15, 0.2) is 24.3 Å². The second-order valence-corrected chi connectivity index (χ2v) is 6.81. The summed E-state index contributed by atoms with van der Waals surface area (Å²) in [4.78, 5) is 22.2. The van der Waals surface area contributed by atoms with Crippen LogP contribution in [0, 0.1) is 13.8 Å². The Morgan fingerprint density at radius 2 is 1.87 bits per heavy atom. The molecule has 0 bridgehead atoms. The van der Waals surface area contributed by atoms with Gasteiger partial charge in [0.25, 0.3) is 5.91 Å². The number of amides is 1. The number of methoxy groups -OCH3 is 1. The summed E-state index contributed by atoms with van der Waals surface area (Å²) in [6.45, 7) is 6.96. The molecule has 1 aliphatic heterocycles. The third kappa shape index (κ3) is 3.17. The van der Waals surface area contributed by atoms with Crippen molar-refractivity contribution in [3.8, 4) is 5.75 Å². The number of thiazole rings is 1. The van der Waals surface area contributed by atoms with Crippen molar-refractivity contribution in [2.24, 2.45) is 0 Å². The van der Waals surface area contributed by atoms with Crippen molar-refractivity contribution < 1.29 is 9.53 Å². The van der Waals surface area contributed by atoms with Gasteiger partial charge in [0.15, 0.2) is 5.01 Å². The molecule has 1 aromatic heterocycles. The van der Waals surface area contributed by atoms with Gasteiger partial charge < -0.3 is 14.5 Å². The molecule has 1 aliphatic rings. The lowest BCUT2D eigenvalue weighted by Gasteiger charge is -2.36. The summed E-state index contributed by atoms with van der Waals surface area (Å²) < 4.78 is 5.43. The normalized spacial score (nSPS) is 14.9. The van der Waals surface area contributed by atoms with E-state index < -0.39 is 0 Å². The summed E-state index contributed by atoms with van der Waals surface area (Å²) in [6.07, 6.45) is 0. The molecule has 1 fully saturated rings. The van der Waals surface area contributed by atoms with Crippen LogP contribution < -0.4 is 9.64 Å². The molecule has 3 rings (SSSR count). The lowest BCUT2D eigenvalue weighted by Crippen LogP contribution is -2.48. The molecule has 1 saturated heterocycles. The lowest BCUT2D eigenvalue weighted by atomic mass is 10.2. The Balaban J connectivity index is 1.67. The van der Waals surface area contributed by atoms with Crippen LogP contribution in [0.1, 0.15) is 20.4 Å². The van der Waals surface area contributed by atoms with Crippen LogP contribution in [0.25, 0.3) is 0 Å². The number of rotatable bonds is 3. The van der Waals surface area contributed by atoms with Crippen LogP contribution in [0.4, 0.5) is 5.69 Å². The minimum atomic E-state index is 0.0471. The number of para-hydroxylation sites is 2. The Kier molecular flexibility index (Phi) is 4.52. The third-order valence-electron chi connectivity index (χ3n) is 4.20. The monoisotopic (exact) mass is 331 g/mol. The summed E-state index contributed by atoms with van der Waals surface area (Å²) in [5.74, 6) is 0.921. The molecule has 0 atom stereocenters. The molecular weight excluding hydrogens is 310 g/mol. The number of carbonyl (C=O) groups is 1. The zero-order valence-electron chi connectivity index (χ0n) is 13.7. The SMILES string of the molecule is COc1ccccc1N1CCN(C(=O)c2nc(C)c(C)s2)CC1. The first-order valence-corrected chi connectivity index (χ1v) is 8.53. The van der Waals surface area contributed by atoms with E-state index in [1.165, 1.54) is 11.3 Å². The van der Waals surface area contributed by atoms with E-state index in [1.54, 1.807) is 7.11 Å². The smallest absolute Gasteiger partial charge is 0.282 e. The van der Waals surface area contributed by atoms with Gasteiger partial charge in [-0.05, 0) is 26.0 Å². The van der Waals surface area contributed by atoms with Gasteiger partial charge in [-0.2, -0.15) is 0 Å². The fourth-order valence-electron chi connectivity index (χ4n) is 2.74. The summed E-state index contributed by atoms with van der Waals surface area (Å²) in [5.41, 5.74) is 2.04. The van der Waals surface area contributed by atoms with Crippen molar-refractivity contribution >= 4 is 22.9 Å². The van der Waals surface area contributed by atoms with Crippen molar-refractivity contribution in [2.75, 3.05) is 38.2 Å². The standard InChI is InChI=1S/C17H21N3O2S/c1-12-13(2)23-16(18-12)17(21)20-10-8-19(9-11-20)14-6-4-5-7-15(14)22-3/h4-7H,8-11H2,1-3H3. The quantitative estimate of drug-likeness (QED) is 0.867. The molecule has 1 aromatic carbocycles. The van der Waals surface area contributed by atoms with Crippen LogP contribution in [0.3, 0.4) is 0 Å². The maximum Gasteiger partial charge on any atom is 0.282 e. The molecule has 0 N–H and O–H groups in total. The van der Waals surface area contributed by atoms with Gasteiger partial charge in [-0.25, -0.2) is 4.98 Å². The number of anilines is 1. The van der Waals surface area contributed by atoms with E-state index >= 15 is 0 Å². The highest BCUT2D eigenvalue weighted by Crippen LogP contribution is 2.28. The topological polar surface area (TPSA) is 45.7 Å². The number of aryl methyl sites for hydroxylation is 2. The first-order valence-electron chi connectivity index (χ1n) is 7.71. The first-order chi connectivity index (χ1) is 11.1. The van der Waals surface area contributed by atoms with E-state index in [9.17, 15) is 4.79 Å². The van der Waals surface area contributed by atoms with Gasteiger partial charge in [0, 0.05) is 31.1 Å². The highest BCUT2D eigenvalue weighted by atomic mass is 32.1. The predicted octanol–water partition coefficient (Wildman–Crippen LogP) is 2.73. The van der Waals surface area contributed by atoms with E-state index in [2.05, 4.69) is 16.0 Å². The van der Waals surface area contributed by atoms with Gasteiger partial charge in [-0.3, -0.25) is 4.79 Å². The molecule has 0 spiro atoms. The molecule has 0 saturated carbocycles. The average Bonchev–Trinajstić information content (AvgIpc) is 2.93. The number of nitrogens with zero attached hydrogens (tertiary/aromatic N) is 3. The molecule has 122 valence electrons. The van der Waals surface area contributed by atoms with Gasteiger partial charge in [0.05, 0.1) is 18.5 Å². The molecule has 6 heteroatoms. The lowest BCUT2D eigenvalue weighted by molar-refractivity contribution is 0.0746. The van der Waals surface area contributed by atoms with E-state index in [0.717, 1.165) is 35.1 Å². The molecule has 2 aromatic rings. The van der Waals surface area contributed by atoms with E-state index in [1.807, 2.05) is 36.9 Å². The maximum atomic E-state index is 12.6. The molecule has 0 radical (unpaired) electrons. The van der Waals surface area contributed by atoms with Crippen molar-refractivity contribution in [3.63, 3.8) is 0 Å². The maximum absolute atomic E-state index is 12.6. The number of carbonyl (C=O) groups excluding carboxylic acids is 1. The van der Waals surface area contributed by atoms with Crippen LogP contribution >= 0.6 is 11.3 Å². The number of hydrogen-bond acceptors (Lipinski definition) is 5. The molecule has 0 unspecified atom stereocenters. The minimum Gasteiger partial charge on any atom is -0.495 e. The second kappa shape index (κ2) is 6.58. The van der Waals surface area contributed by atoms with Gasteiger partial charge in [-0.15, -0.1) is 11.3 Å². The fourth-order valence-corrected chi connectivity index (χ4v) is 3.62. The summed E-state index contributed by atoms with van der Waals surface area (Å²) in [7, 11) is 1.69. The van der Waals surface area contributed by atoms with Crippen LogP contribution in [0.5, 0.6) is 5.75 Å². The summed E-state index contributed by atoms with van der Waals surface area (Å²) in [5, 5.41) is 0.603. The summed E-state index contributed by atoms with van der Waals surface area (Å²) in [6, 6.07) is 8.00. The van der Waals surface area contributed by atoms with Gasteiger partial charge in [0.1, 0.15) is 5.75 Å². The van der Waals surface area contributed by atoms with Crippen LogP contribution in [-0.4, -0.2) is 49.1 Å². The van der Waals surface area contributed by atoms with E-state index in [-0.39, 0.29) is 5.91 Å². The Morgan fingerprint density at radius 3 is 2.48 bits per heavy atom. The molecular formula is C17H21N3O2S. The van der Waals surface area contributed by atoms with Crippen molar-refractivity contribution in [1.29, 1.82) is 0 Å². The van der Waals surface area contributed by atoms with Crippen molar-refractivity contribution in [2.45, 2.75) is 13.8 Å². The largest absolute Gasteiger partial charge is 0.495 e. The Hall–Kier alpha value is -2.08. The predicted molar refractivity (Wildman–Crippen MR) is 92.7 cm³/mol. The van der Waals surface area contributed by atoms with Crippen molar-refractivity contribution in [1.82, 2.24) is 9.88 Å². The molecule has 5 nitrogen and oxygen atoms in total. The zero-order chi connectivity index (χ0) is 16.4. The van der Waals surface area contributed by atoms with Gasteiger partial charge in [0.2, 0.25) is 0 Å². The fraction of sp³-hybridized carbons (Fsp3) is 0.412. The number of piperazine rings is 1. The van der Waals surface area contributed by atoms with Gasteiger partial charge >= 0.3 is 0 Å². The third-order valence-corrected chi connectivity index (χ3v) is 5.27. The first kappa shape index (κ1) is 15.8. The molecule has 1 amide bonds. The highest BCUT2D eigenvalue weighted by molar-refractivity contribution is 7.13.